The summed E-state index contributed by atoms with van der Waals surface area (Å²) < 4.78 is 0. The molecule has 2 heterocycles. The number of carbonyl (C=O) groups excluding carboxylic acids is 2. The summed E-state index contributed by atoms with van der Waals surface area (Å²) in [6, 6.07) is 9.45. The maximum Gasteiger partial charge on any atom is 0.254 e. The first-order valence-corrected chi connectivity index (χ1v) is 9.74. The van der Waals surface area contributed by atoms with Gasteiger partial charge in [-0.05, 0) is 36.1 Å². The van der Waals surface area contributed by atoms with Crippen molar-refractivity contribution in [2.75, 3.05) is 25.0 Å². The number of hydrogen-bond acceptors (Lipinski definition) is 6. The fourth-order valence-electron chi connectivity index (χ4n) is 3.36. The van der Waals surface area contributed by atoms with E-state index in [1.165, 1.54) is 0 Å². The maximum atomic E-state index is 12.5. The average molecular weight is 392 g/mol. The lowest BCUT2D eigenvalue weighted by Gasteiger charge is -2.26. The van der Waals surface area contributed by atoms with Crippen molar-refractivity contribution in [3.8, 4) is 6.07 Å². The van der Waals surface area contributed by atoms with Crippen LogP contribution in [0.2, 0.25) is 0 Å². The molecule has 1 aromatic heterocycles. The molecule has 0 saturated carbocycles. The van der Waals surface area contributed by atoms with Crippen molar-refractivity contribution in [2.24, 2.45) is 0 Å². The Kier molecular flexibility index (Phi) is 6.39. The Balaban J connectivity index is 1.69. The molecule has 1 saturated heterocycles. The highest BCUT2D eigenvalue weighted by molar-refractivity contribution is 5.97. The number of hydrogen-bond donors (Lipinski definition) is 2. The van der Waals surface area contributed by atoms with Crippen LogP contribution >= 0.6 is 0 Å². The van der Waals surface area contributed by atoms with Crippen LogP contribution in [0.4, 0.5) is 5.82 Å². The monoisotopic (exact) mass is 392 g/mol. The first-order chi connectivity index (χ1) is 14.1. The Morgan fingerprint density at radius 1 is 1.24 bits per heavy atom. The van der Waals surface area contributed by atoms with Gasteiger partial charge in [0.1, 0.15) is 11.6 Å². The number of nitrogens with one attached hydrogen (secondary N) is 2. The summed E-state index contributed by atoms with van der Waals surface area (Å²) in [7, 11) is 0. The van der Waals surface area contributed by atoms with Crippen molar-refractivity contribution in [2.45, 2.75) is 33.2 Å². The molecule has 0 radical (unpaired) electrons. The molecule has 1 aliphatic rings. The van der Waals surface area contributed by atoms with Crippen LogP contribution in [0.1, 0.15) is 46.6 Å². The van der Waals surface area contributed by atoms with E-state index in [0.717, 1.165) is 29.7 Å². The summed E-state index contributed by atoms with van der Waals surface area (Å²) >= 11 is 0. The number of piperazine rings is 1. The van der Waals surface area contributed by atoms with E-state index in [1.54, 1.807) is 17.0 Å². The number of aromatic nitrogens is 2. The van der Waals surface area contributed by atoms with Gasteiger partial charge in [0.05, 0.1) is 12.2 Å². The van der Waals surface area contributed by atoms with Crippen molar-refractivity contribution in [1.29, 1.82) is 5.26 Å². The van der Waals surface area contributed by atoms with Gasteiger partial charge >= 0.3 is 0 Å². The minimum absolute atomic E-state index is 0.0886. The second kappa shape index (κ2) is 9.15. The zero-order valence-electron chi connectivity index (χ0n) is 16.7. The molecule has 2 amide bonds. The Hall–Kier alpha value is -3.47. The molecule has 0 aliphatic carbocycles. The molecule has 8 nitrogen and oxygen atoms in total. The van der Waals surface area contributed by atoms with Crippen molar-refractivity contribution >= 4 is 17.6 Å². The fourth-order valence-corrected chi connectivity index (χ4v) is 3.36. The molecular weight excluding hydrogens is 368 g/mol. The highest BCUT2D eigenvalue weighted by Crippen LogP contribution is 2.20. The van der Waals surface area contributed by atoms with Gasteiger partial charge in [-0.25, -0.2) is 0 Å². The van der Waals surface area contributed by atoms with Crippen LogP contribution < -0.4 is 10.6 Å². The topological polar surface area (TPSA) is 111 Å². The summed E-state index contributed by atoms with van der Waals surface area (Å²) in [4.78, 5) is 25.5. The summed E-state index contributed by atoms with van der Waals surface area (Å²) in [6.45, 7) is 5.53. The van der Waals surface area contributed by atoms with Crippen LogP contribution in [0, 0.1) is 11.3 Å². The lowest BCUT2D eigenvalue weighted by atomic mass is 10.0. The molecular formula is C21H24N6O2. The molecule has 3 rings (SSSR count). The Bertz CT molecular complexity index is 949. The summed E-state index contributed by atoms with van der Waals surface area (Å²) in [5.41, 5.74) is 3.81. The minimum Gasteiger partial charge on any atom is -0.363 e. The zero-order valence-corrected chi connectivity index (χ0v) is 16.7. The average Bonchev–Trinajstić information content (AvgIpc) is 2.76. The highest BCUT2D eigenvalue weighted by atomic mass is 16.2. The summed E-state index contributed by atoms with van der Waals surface area (Å²) in [5, 5.41) is 23.9. The number of rotatable bonds is 6. The van der Waals surface area contributed by atoms with E-state index in [1.807, 2.05) is 26.0 Å². The fraction of sp³-hybridized carbons (Fsp3) is 0.381. The second-order valence-corrected chi connectivity index (χ2v) is 6.79. The summed E-state index contributed by atoms with van der Waals surface area (Å²) in [6.07, 6.45) is 1.46. The molecule has 1 aliphatic heterocycles. The molecule has 150 valence electrons. The molecule has 8 heteroatoms. The minimum atomic E-state index is -0.153. The second-order valence-electron chi connectivity index (χ2n) is 6.79. The first-order valence-electron chi connectivity index (χ1n) is 9.74. The number of anilines is 1. The highest BCUT2D eigenvalue weighted by Gasteiger charge is 2.22. The normalized spacial score (nSPS) is 13.6. The van der Waals surface area contributed by atoms with Gasteiger partial charge in [0, 0.05) is 25.2 Å². The largest absolute Gasteiger partial charge is 0.363 e. The van der Waals surface area contributed by atoms with Crippen molar-refractivity contribution in [3.63, 3.8) is 0 Å². The van der Waals surface area contributed by atoms with Gasteiger partial charge in [-0.2, -0.15) is 10.4 Å². The number of nitriles is 1. The molecule has 1 fully saturated rings. The lowest BCUT2D eigenvalue weighted by Crippen LogP contribution is -2.49. The Morgan fingerprint density at radius 2 is 2.00 bits per heavy atom. The van der Waals surface area contributed by atoms with Crippen molar-refractivity contribution in [3.05, 3.63) is 52.2 Å². The van der Waals surface area contributed by atoms with E-state index in [4.69, 9.17) is 0 Å². The van der Waals surface area contributed by atoms with Crippen LogP contribution in [0.25, 0.3) is 0 Å². The third kappa shape index (κ3) is 4.51. The van der Waals surface area contributed by atoms with Crippen LogP contribution in [-0.2, 0) is 24.2 Å². The van der Waals surface area contributed by atoms with Gasteiger partial charge in [0.15, 0.2) is 5.82 Å². The van der Waals surface area contributed by atoms with Gasteiger partial charge in [-0.1, -0.05) is 26.0 Å². The number of amides is 2. The van der Waals surface area contributed by atoms with E-state index >= 15 is 0 Å². The number of nitrogens with zero attached hydrogens (tertiary/aromatic N) is 4. The first kappa shape index (κ1) is 20.3. The van der Waals surface area contributed by atoms with Crippen LogP contribution in [0.15, 0.2) is 24.3 Å². The number of aryl methyl sites for hydroxylation is 1. The van der Waals surface area contributed by atoms with Gasteiger partial charge in [0.2, 0.25) is 5.91 Å². The standard InChI is InChI=1S/C21H24N6O2/c1-3-16-17(11-22)20(26-25-18(16)4-2)24-12-14-5-7-15(8-6-14)21(29)27-10-9-23-19(28)13-27/h5-8H,3-4,9-10,12-13H2,1-2H3,(H,23,28)(H,24,26). The van der Waals surface area contributed by atoms with E-state index < -0.39 is 0 Å². The summed E-state index contributed by atoms with van der Waals surface area (Å²) in [5.74, 6) is 0.182. The molecule has 2 N–H and O–H groups in total. The van der Waals surface area contributed by atoms with Gasteiger partial charge in [0.25, 0.3) is 5.91 Å². The zero-order chi connectivity index (χ0) is 20.8. The van der Waals surface area contributed by atoms with Crippen molar-refractivity contribution < 1.29 is 9.59 Å². The lowest BCUT2D eigenvalue weighted by molar-refractivity contribution is -0.123. The van der Waals surface area contributed by atoms with Crippen LogP contribution in [0.3, 0.4) is 0 Å². The van der Waals surface area contributed by atoms with E-state index in [0.29, 0.717) is 36.6 Å². The SMILES string of the molecule is CCc1nnc(NCc2ccc(C(=O)N3CCNC(=O)C3)cc2)c(C#N)c1CC. The number of benzene rings is 1. The predicted octanol–water partition coefficient (Wildman–Crippen LogP) is 1.66. The molecule has 29 heavy (non-hydrogen) atoms. The molecule has 2 aromatic rings. The van der Waals surface area contributed by atoms with E-state index in [2.05, 4.69) is 26.9 Å². The third-order valence-electron chi connectivity index (χ3n) is 4.94. The van der Waals surface area contributed by atoms with Crippen molar-refractivity contribution in [1.82, 2.24) is 20.4 Å². The predicted molar refractivity (Wildman–Crippen MR) is 108 cm³/mol. The van der Waals surface area contributed by atoms with Crippen LogP contribution in [-0.4, -0.2) is 46.5 Å². The van der Waals surface area contributed by atoms with E-state index in [9.17, 15) is 14.9 Å². The van der Waals surface area contributed by atoms with Crippen LogP contribution in [0.5, 0.6) is 0 Å². The van der Waals surface area contributed by atoms with Gasteiger partial charge in [-0.15, -0.1) is 5.10 Å². The molecule has 0 atom stereocenters. The Labute approximate surface area is 169 Å². The molecule has 0 unspecified atom stereocenters. The van der Waals surface area contributed by atoms with E-state index in [-0.39, 0.29) is 18.4 Å². The van der Waals surface area contributed by atoms with Gasteiger partial charge in [-0.3, -0.25) is 9.59 Å². The number of carbonyl (C=O) groups is 2. The maximum absolute atomic E-state index is 12.5. The Morgan fingerprint density at radius 3 is 2.62 bits per heavy atom. The van der Waals surface area contributed by atoms with Gasteiger partial charge < -0.3 is 15.5 Å². The quantitative estimate of drug-likeness (QED) is 0.773. The molecule has 0 bridgehead atoms. The third-order valence-corrected chi connectivity index (χ3v) is 4.94. The molecule has 0 spiro atoms. The molecule has 1 aromatic carbocycles. The smallest absolute Gasteiger partial charge is 0.254 e.